The lowest BCUT2D eigenvalue weighted by molar-refractivity contribution is 0.967. The molecule has 0 aliphatic heterocycles. The predicted octanol–water partition coefficient (Wildman–Crippen LogP) is 3.01. The van der Waals surface area contributed by atoms with Gasteiger partial charge in [0.2, 0.25) is 0 Å². The summed E-state index contributed by atoms with van der Waals surface area (Å²) in [6, 6.07) is 2.92. The van der Waals surface area contributed by atoms with Crippen LogP contribution < -0.4 is 0 Å². The first kappa shape index (κ1) is 11.0. The van der Waals surface area contributed by atoms with E-state index in [0.29, 0.717) is 0 Å². The van der Waals surface area contributed by atoms with Gasteiger partial charge in [0.25, 0.3) is 0 Å². The van der Waals surface area contributed by atoms with Crippen LogP contribution in [0.1, 0.15) is 0 Å². The molecule has 0 saturated heterocycles. The molecule has 0 fully saturated rings. The topological polar surface area (TPSA) is 25.8 Å². The van der Waals surface area contributed by atoms with E-state index in [9.17, 15) is 0 Å². The van der Waals surface area contributed by atoms with Crippen LogP contribution in [-0.2, 0) is 0 Å². The molecule has 0 saturated carbocycles. The third-order valence-electron chi connectivity index (χ3n) is 1.47. The Kier molecular flexibility index (Phi) is 4.22. The molecule has 1 aromatic heterocycles. The van der Waals surface area contributed by atoms with E-state index in [2.05, 4.69) is 23.1 Å². The van der Waals surface area contributed by atoms with Crippen LogP contribution in [0.4, 0.5) is 0 Å². The molecular weight excluding hydrogens is 220 g/mol. The summed E-state index contributed by atoms with van der Waals surface area (Å²) in [6.07, 6.45) is 3.53. The van der Waals surface area contributed by atoms with Gasteiger partial charge in [-0.3, -0.25) is 0 Å². The fourth-order valence-corrected chi connectivity index (χ4v) is 4.24. The molecular formula is C8H13ClN2SSi. The van der Waals surface area contributed by atoms with E-state index in [1.165, 1.54) is 0 Å². The van der Waals surface area contributed by atoms with E-state index >= 15 is 0 Å². The molecule has 0 aromatic carbocycles. The van der Waals surface area contributed by atoms with E-state index in [0.717, 1.165) is 17.0 Å². The van der Waals surface area contributed by atoms with Gasteiger partial charge in [-0.25, -0.2) is 9.97 Å². The van der Waals surface area contributed by atoms with Gasteiger partial charge >= 0.3 is 0 Å². The first-order valence-electron chi connectivity index (χ1n) is 4.17. The van der Waals surface area contributed by atoms with E-state index in [4.69, 9.17) is 11.1 Å². The summed E-state index contributed by atoms with van der Waals surface area (Å²) in [5, 5.41) is 0.845. The van der Waals surface area contributed by atoms with Crippen LogP contribution in [0.5, 0.6) is 0 Å². The van der Waals surface area contributed by atoms with Crippen LogP contribution in [0.15, 0.2) is 23.6 Å². The predicted molar refractivity (Wildman–Crippen MR) is 60.9 cm³/mol. The summed E-state index contributed by atoms with van der Waals surface area (Å²) < 4.78 is 0. The Morgan fingerprint density at radius 3 is 2.54 bits per heavy atom. The Labute approximate surface area is 88.8 Å². The molecule has 0 amide bonds. The molecule has 0 aliphatic rings. The van der Waals surface area contributed by atoms with Crippen molar-refractivity contribution < 1.29 is 0 Å². The van der Waals surface area contributed by atoms with Crippen molar-refractivity contribution in [3.05, 3.63) is 18.5 Å². The average Bonchev–Trinajstić information content (AvgIpc) is 2.04. The molecule has 0 unspecified atom stereocenters. The second kappa shape index (κ2) is 4.98. The van der Waals surface area contributed by atoms with Crippen molar-refractivity contribution in [2.75, 3.05) is 5.75 Å². The van der Waals surface area contributed by atoms with Crippen molar-refractivity contribution in [3.8, 4) is 0 Å². The maximum atomic E-state index is 6.18. The zero-order valence-corrected chi connectivity index (χ0v) is 10.4. The van der Waals surface area contributed by atoms with E-state index in [1.54, 1.807) is 24.2 Å². The Hall–Kier alpha value is -0.0631. The summed E-state index contributed by atoms with van der Waals surface area (Å²) in [4.78, 5) is 8.25. The second-order valence-corrected chi connectivity index (χ2v) is 11.4. The van der Waals surface area contributed by atoms with Gasteiger partial charge in [-0.05, 0) is 17.9 Å². The highest BCUT2D eigenvalue weighted by Gasteiger charge is 2.16. The fourth-order valence-electron chi connectivity index (χ4n) is 0.745. The summed E-state index contributed by atoms with van der Waals surface area (Å²) >= 11 is 7.86. The first-order chi connectivity index (χ1) is 6.08. The molecule has 0 bridgehead atoms. The number of hydrogen-bond acceptors (Lipinski definition) is 3. The number of aromatic nitrogens is 2. The summed E-state index contributed by atoms with van der Waals surface area (Å²) in [6.45, 7) is 4.31. The maximum absolute atomic E-state index is 6.18. The molecule has 1 aromatic rings. The van der Waals surface area contributed by atoms with E-state index in [-0.39, 0.29) is 0 Å². The fraction of sp³-hybridized carbons (Fsp3) is 0.500. The Morgan fingerprint density at radius 2 is 2.00 bits per heavy atom. The van der Waals surface area contributed by atoms with E-state index < -0.39 is 7.38 Å². The standard InChI is InChI=1S/C8H13ClN2SSi/c1-13(2,9)7-6-12-8-10-4-3-5-11-8/h3-5H,6-7H2,1-2H3. The lowest BCUT2D eigenvalue weighted by Crippen LogP contribution is -2.16. The Balaban J connectivity index is 2.29. The highest BCUT2D eigenvalue weighted by molar-refractivity contribution is 7.99. The van der Waals surface area contributed by atoms with Crippen LogP contribution in [0, 0.1) is 0 Å². The van der Waals surface area contributed by atoms with Crippen LogP contribution in [-0.4, -0.2) is 23.1 Å². The number of thioether (sulfide) groups is 1. The molecule has 1 heterocycles. The monoisotopic (exact) mass is 232 g/mol. The van der Waals surface area contributed by atoms with Gasteiger partial charge in [0.1, 0.15) is 0 Å². The van der Waals surface area contributed by atoms with Gasteiger partial charge in [-0.15, -0.1) is 0 Å². The molecule has 0 aliphatic carbocycles. The SMILES string of the molecule is C[Si](C)(Cl)CCSc1ncccn1. The largest absolute Gasteiger partial charge is 0.231 e. The summed E-state index contributed by atoms with van der Waals surface area (Å²) in [5.74, 6) is 1.02. The van der Waals surface area contributed by atoms with Crippen molar-refractivity contribution >= 4 is 30.2 Å². The molecule has 0 radical (unpaired) electrons. The van der Waals surface area contributed by atoms with Crippen LogP contribution in [0.2, 0.25) is 19.1 Å². The molecule has 5 heteroatoms. The van der Waals surface area contributed by atoms with Crippen molar-refractivity contribution in [1.82, 2.24) is 9.97 Å². The minimum atomic E-state index is -1.42. The third-order valence-corrected chi connectivity index (χ3v) is 4.72. The molecule has 0 atom stereocenters. The molecule has 0 N–H and O–H groups in total. The van der Waals surface area contributed by atoms with Crippen molar-refractivity contribution in [3.63, 3.8) is 0 Å². The van der Waals surface area contributed by atoms with Crippen LogP contribution in [0.25, 0.3) is 0 Å². The lowest BCUT2D eigenvalue weighted by atomic mass is 10.7. The van der Waals surface area contributed by atoms with Gasteiger partial charge in [0.05, 0.1) is 0 Å². The number of halogens is 1. The van der Waals surface area contributed by atoms with Gasteiger partial charge < -0.3 is 0 Å². The van der Waals surface area contributed by atoms with Gasteiger partial charge in [-0.2, -0.15) is 11.1 Å². The second-order valence-electron chi connectivity index (χ2n) is 3.35. The minimum Gasteiger partial charge on any atom is -0.231 e. The minimum absolute atomic E-state index is 0.845. The van der Waals surface area contributed by atoms with Crippen molar-refractivity contribution in [2.24, 2.45) is 0 Å². The molecule has 2 nitrogen and oxygen atoms in total. The molecule has 72 valence electrons. The van der Waals surface area contributed by atoms with E-state index in [1.807, 2.05) is 6.07 Å². The molecule has 13 heavy (non-hydrogen) atoms. The zero-order valence-electron chi connectivity index (χ0n) is 7.83. The highest BCUT2D eigenvalue weighted by Crippen LogP contribution is 2.20. The smallest absolute Gasteiger partial charge is 0.187 e. The van der Waals surface area contributed by atoms with Crippen molar-refractivity contribution in [2.45, 2.75) is 24.3 Å². The number of nitrogens with zero attached hydrogens (tertiary/aromatic N) is 2. The Morgan fingerprint density at radius 1 is 1.38 bits per heavy atom. The van der Waals surface area contributed by atoms with Crippen LogP contribution in [0.3, 0.4) is 0 Å². The Bertz CT molecular complexity index is 250. The number of hydrogen-bond donors (Lipinski definition) is 0. The maximum Gasteiger partial charge on any atom is 0.187 e. The average molecular weight is 233 g/mol. The lowest BCUT2D eigenvalue weighted by Gasteiger charge is -2.10. The quantitative estimate of drug-likeness (QED) is 0.346. The van der Waals surface area contributed by atoms with Gasteiger partial charge in [0, 0.05) is 12.4 Å². The molecule has 1 rings (SSSR count). The van der Waals surface area contributed by atoms with Gasteiger partial charge in [-0.1, -0.05) is 24.9 Å². The van der Waals surface area contributed by atoms with Crippen molar-refractivity contribution in [1.29, 1.82) is 0 Å². The normalized spacial score (nSPS) is 11.6. The summed E-state index contributed by atoms with van der Waals surface area (Å²) in [7, 11) is -1.42. The van der Waals surface area contributed by atoms with Gasteiger partial charge in [0.15, 0.2) is 12.5 Å². The first-order valence-corrected chi connectivity index (χ1v) is 9.37. The number of rotatable bonds is 4. The van der Waals surface area contributed by atoms with Crippen LogP contribution >= 0.6 is 22.8 Å². The third kappa shape index (κ3) is 5.28. The molecule has 0 spiro atoms. The summed E-state index contributed by atoms with van der Waals surface area (Å²) in [5.41, 5.74) is 0. The highest BCUT2D eigenvalue weighted by atomic mass is 35.6. The zero-order chi connectivity index (χ0) is 9.73.